The van der Waals surface area contributed by atoms with Crippen molar-refractivity contribution < 1.29 is 14.6 Å². The van der Waals surface area contributed by atoms with Crippen LogP contribution in [-0.4, -0.2) is 40.3 Å². The third-order valence-corrected chi connectivity index (χ3v) is 8.15. The molecule has 1 aliphatic carbocycles. The van der Waals surface area contributed by atoms with Gasteiger partial charge in [0, 0.05) is 42.7 Å². The zero-order valence-electron chi connectivity index (χ0n) is 21.9. The minimum atomic E-state index is -0.761. The van der Waals surface area contributed by atoms with Crippen LogP contribution in [0.15, 0.2) is 36.5 Å². The Morgan fingerprint density at radius 3 is 2.61 bits per heavy atom. The molecule has 196 valence electrons. The first-order chi connectivity index (χ1) is 17.1. The van der Waals surface area contributed by atoms with Crippen molar-refractivity contribution in [1.29, 1.82) is 0 Å². The highest BCUT2D eigenvalue weighted by molar-refractivity contribution is 6.30. The Balaban J connectivity index is 1.50. The summed E-state index contributed by atoms with van der Waals surface area (Å²) in [4.78, 5) is 16.6. The standard InChI is InChI=1S/C29H40ClN3O3/c1-5-28(3,4)15-21-13-23-25(16-29(11-6-12-29)36-27(23)32-17-21)31-18-26(35)24(33-19(2)34)14-20-7-9-22(30)10-8-20/h7-10,13,17,24-26,31,35H,5-6,11-12,14-16,18H2,1-4H3,(H,33,34)/t24-,25-,26-/m0/s1. The largest absolute Gasteiger partial charge is 0.471 e. The fraction of sp³-hybridized carbons (Fsp3) is 0.586. The lowest BCUT2D eigenvalue weighted by molar-refractivity contribution is -0.120. The van der Waals surface area contributed by atoms with Crippen LogP contribution in [0.25, 0.3) is 0 Å². The number of aliphatic hydroxyl groups excluding tert-OH is 1. The van der Waals surface area contributed by atoms with Gasteiger partial charge < -0.3 is 20.5 Å². The third-order valence-electron chi connectivity index (χ3n) is 7.90. The fourth-order valence-corrected chi connectivity index (χ4v) is 5.36. The quantitative estimate of drug-likeness (QED) is 0.409. The van der Waals surface area contributed by atoms with Crippen molar-refractivity contribution >= 4 is 17.5 Å². The summed E-state index contributed by atoms with van der Waals surface area (Å²) in [6.45, 7) is 8.61. The molecule has 7 heteroatoms. The highest BCUT2D eigenvalue weighted by atomic mass is 35.5. The van der Waals surface area contributed by atoms with Gasteiger partial charge in [0.25, 0.3) is 0 Å². The summed E-state index contributed by atoms with van der Waals surface area (Å²) in [7, 11) is 0. The first-order valence-corrected chi connectivity index (χ1v) is 13.6. The van der Waals surface area contributed by atoms with Gasteiger partial charge in [-0.2, -0.15) is 0 Å². The Bertz CT molecular complexity index is 1050. The smallest absolute Gasteiger partial charge is 0.218 e. The SMILES string of the molecule is CCC(C)(C)Cc1cnc2c(c1)[C@@H](NC[C@H](O)[C@H](Cc1ccc(Cl)cc1)NC(C)=O)CC1(CCC1)O2. The second-order valence-electron chi connectivity index (χ2n) is 11.4. The molecule has 4 rings (SSSR count). The molecule has 1 aromatic carbocycles. The number of carbonyl (C=O) groups excluding carboxylic acids is 1. The number of aliphatic hydroxyl groups is 1. The van der Waals surface area contributed by atoms with Crippen molar-refractivity contribution in [3.63, 3.8) is 0 Å². The molecule has 0 unspecified atom stereocenters. The first-order valence-electron chi connectivity index (χ1n) is 13.2. The van der Waals surface area contributed by atoms with Gasteiger partial charge in [0.05, 0.1) is 12.1 Å². The highest BCUT2D eigenvalue weighted by Crippen LogP contribution is 2.48. The van der Waals surface area contributed by atoms with Crippen LogP contribution >= 0.6 is 11.6 Å². The van der Waals surface area contributed by atoms with Gasteiger partial charge in [0.2, 0.25) is 11.8 Å². The number of aromatic nitrogens is 1. The van der Waals surface area contributed by atoms with Crippen LogP contribution in [0.5, 0.6) is 5.88 Å². The monoisotopic (exact) mass is 513 g/mol. The number of rotatable bonds is 10. The number of halogens is 1. The lowest BCUT2D eigenvalue weighted by Crippen LogP contribution is -2.52. The van der Waals surface area contributed by atoms with E-state index in [9.17, 15) is 9.90 Å². The molecule has 0 saturated heterocycles. The van der Waals surface area contributed by atoms with E-state index in [1.807, 2.05) is 30.5 Å². The molecule has 1 saturated carbocycles. The van der Waals surface area contributed by atoms with Crippen LogP contribution in [0, 0.1) is 5.41 Å². The van der Waals surface area contributed by atoms with Crippen molar-refractivity contribution in [3.8, 4) is 5.88 Å². The molecule has 1 amide bonds. The van der Waals surface area contributed by atoms with Gasteiger partial charge in [-0.05, 0) is 66.8 Å². The molecule has 0 bridgehead atoms. The van der Waals surface area contributed by atoms with E-state index in [-0.39, 0.29) is 23.0 Å². The maximum atomic E-state index is 11.9. The van der Waals surface area contributed by atoms with E-state index in [1.165, 1.54) is 18.9 Å². The molecule has 3 N–H and O–H groups in total. The summed E-state index contributed by atoms with van der Waals surface area (Å²) in [6.07, 6.45) is 7.85. The van der Waals surface area contributed by atoms with Crippen molar-refractivity contribution in [3.05, 3.63) is 58.2 Å². The molecule has 3 atom stereocenters. The Morgan fingerprint density at radius 2 is 2.00 bits per heavy atom. The maximum Gasteiger partial charge on any atom is 0.218 e. The lowest BCUT2D eigenvalue weighted by atomic mass is 9.73. The van der Waals surface area contributed by atoms with Crippen molar-refractivity contribution in [2.75, 3.05) is 6.54 Å². The average molecular weight is 514 g/mol. The summed E-state index contributed by atoms with van der Waals surface area (Å²) in [5.41, 5.74) is 3.33. The van der Waals surface area contributed by atoms with Crippen LogP contribution < -0.4 is 15.4 Å². The molecule has 1 aromatic heterocycles. The summed E-state index contributed by atoms with van der Waals surface area (Å²) >= 11 is 6.02. The maximum absolute atomic E-state index is 11.9. The van der Waals surface area contributed by atoms with Gasteiger partial charge in [-0.1, -0.05) is 50.9 Å². The van der Waals surface area contributed by atoms with E-state index in [0.29, 0.717) is 23.9 Å². The molecular formula is C29H40ClN3O3. The van der Waals surface area contributed by atoms with E-state index in [0.717, 1.165) is 43.2 Å². The van der Waals surface area contributed by atoms with E-state index < -0.39 is 12.1 Å². The second kappa shape index (κ2) is 11.1. The number of benzene rings is 1. The predicted octanol–water partition coefficient (Wildman–Crippen LogP) is 5.16. The van der Waals surface area contributed by atoms with Crippen LogP contribution in [-0.2, 0) is 17.6 Å². The molecule has 2 aromatic rings. The van der Waals surface area contributed by atoms with Gasteiger partial charge in [-0.15, -0.1) is 0 Å². The zero-order chi connectivity index (χ0) is 25.9. The number of hydrogen-bond donors (Lipinski definition) is 3. The van der Waals surface area contributed by atoms with Crippen LogP contribution in [0.1, 0.15) is 82.5 Å². The fourth-order valence-electron chi connectivity index (χ4n) is 5.24. The van der Waals surface area contributed by atoms with E-state index >= 15 is 0 Å². The Hall–Kier alpha value is -2.15. The van der Waals surface area contributed by atoms with Crippen LogP contribution in [0.3, 0.4) is 0 Å². The van der Waals surface area contributed by atoms with Gasteiger partial charge >= 0.3 is 0 Å². The minimum Gasteiger partial charge on any atom is -0.471 e. The molecule has 1 aliphatic heterocycles. The molecule has 0 radical (unpaired) electrons. The number of pyridine rings is 1. The Morgan fingerprint density at radius 1 is 1.28 bits per heavy atom. The van der Waals surface area contributed by atoms with Gasteiger partial charge in [-0.25, -0.2) is 4.98 Å². The third kappa shape index (κ3) is 6.58. The number of carbonyl (C=O) groups is 1. The summed E-state index contributed by atoms with van der Waals surface area (Å²) in [6, 6.07) is 9.36. The van der Waals surface area contributed by atoms with E-state index in [4.69, 9.17) is 21.3 Å². The van der Waals surface area contributed by atoms with Crippen LogP contribution in [0.4, 0.5) is 0 Å². The first kappa shape index (κ1) is 26.9. The molecular weight excluding hydrogens is 474 g/mol. The van der Waals surface area contributed by atoms with Gasteiger partial charge in [0.1, 0.15) is 5.60 Å². The predicted molar refractivity (Wildman–Crippen MR) is 143 cm³/mol. The molecule has 36 heavy (non-hydrogen) atoms. The lowest BCUT2D eigenvalue weighted by Gasteiger charge is -2.47. The van der Waals surface area contributed by atoms with E-state index in [1.54, 1.807) is 0 Å². The van der Waals surface area contributed by atoms with Crippen molar-refractivity contribution in [2.24, 2.45) is 5.41 Å². The topological polar surface area (TPSA) is 83.5 Å². The summed E-state index contributed by atoms with van der Waals surface area (Å²) in [5, 5.41) is 18.3. The number of nitrogens with one attached hydrogen (secondary N) is 2. The Labute approximate surface area is 220 Å². The molecule has 1 spiro atoms. The van der Waals surface area contributed by atoms with Crippen molar-refractivity contribution in [1.82, 2.24) is 15.6 Å². The Kier molecular flexibility index (Phi) is 8.28. The number of fused-ring (bicyclic) bond motifs is 1. The number of hydrogen-bond acceptors (Lipinski definition) is 5. The zero-order valence-corrected chi connectivity index (χ0v) is 22.7. The number of amides is 1. The van der Waals surface area contributed by atoms with Gasteiger partial charge in [-0.3, -0.25) is 4.79 Å². The molecule has 2 heterocycles. The summed E-state index contributed by atoms with van der Waals surface area (Å²) < 4.78 is 6.41. The molecule has 2 aliphatic rings. The summed E-state index contributed by atoms with van der Waals surface area (Å²) in [5.74, 6) is 0.552. The normalized spacial score (nSPS) is 20.1. The average Bonchev–Trinajstić information content (AvgIpc) is 2.81. The molecule has 1 fully saturated rings. The highest BCUT2D eigenvalue weighted by Gasteiger charge is 2.46. The van der Waals surface area contributed by atoms with Crippen molar-refractivity contribution in [2.45, 2.75) is 96.4 Å². The van der Waals surface area contributed by atoms with Gasteiger partial charge in [0.15, 0.2) is 0 Å². The second-order valence-corrected chi connectivity index (χ2v) is 11.9. The number of nitrogens with zero attached hydrogens (tertiary/aromatic N) is 1. The number of ether oxygens (including phenoxy) is 1. The molecule has 6 nitrogen and oxygen atoms in total. The van der Waals surface area contributed by atoms with Crippen LogP contribution in [0.2, 0.25) is 5.02 Å². The van der Waals surface area contributed by atoms with E-state index in [2.05, 4.69) is 37.5 Å². The minimum absolute atomic E-state index is 0.0365.